The number of aromatic nitrogens is 1. The van der Waals surface area contributed by atoms with Crippen LogP contribution < -0.4 is 0 Å². The van der Waals surface area contributed by atoms with Gasteiger partial charge in [0, 0.05) is 12.7 Å². The normalized spacial score (nSPS) is 18.7. The Morgan fingerprint density at radius 1 is 1.55 bits per heavy atom. The number of carbonyl (C=O) groups is 2. The van der Waals surface area contributed by atoms with E-state index in [0.29, 0.717) is 13.2 Å². The number of methoxy groups -OCH3 is 1. The van der Waals surface area contributed by atoms with Crippen LogP contribution in [-0.2, 0) is 25.5 Å². The maximum Gasteiger partial charge on any atom is 0.331 e. The average Bonchev–Trinajstić information content (AvgIpc) is 2.48. The lowest BCUT2D eigenvalue weighted by atomic mass is 10.1. The Morgan fingerprint density at radius 3 is 3.05 bits per heavy atom. The molecule has 0 radical (unpaired) electrons. The highest BCUT2D eigenvalue weighted by atomic mass is 16.5. The summed E-state index contributed by atoms with van der Waals surface area (Å²) >= 11 is 0. The van der Waals surface area contributed by atoms with Gasteiger partial charge in [0.25, 0.3) is 0 Å². The van der Waals surface area contributed by atoms with Crippen LogP contribution in [0.1, 0.15) is 11.3 Å². The first-order valence-corrected chi connectivity index (χ1v) is 6.49. The molecule has 2 heterocycles. The number of hydrogen-bond donors (Lipinski definition) is 0. The summed E-state index contributed by atoms with van der Waals surface area (Å²) < 4.78 is 9.96. The molecule has 0 aliphatic carbocycles. The summed E-state index contributed by atoms with van der Waals surface area (Å²) in [4.78, 5) is 29.8. The summed E-state index contributed by atoms with van der Waals surface area (Å²) in [6.45, 7) is 2.91. The fourth-order valence-electron chi connectivity index (χ4n) is 2.18. The third kappa shape index (κ3) is 3.14. The minimum absolute atomic E-state index is 0.134. The van der Waals surface area contributed by atoms with Crippen LogP contribution >= 0.6 is 0 Å². The van der Waals surface area contributed by atoms with Crippen LogP contribution in [0, 0.1) is 6.92 Å². The quantitative estimate of drug-likeness (QED) is 0.745. The van der Waals surface area contributed by atoms with Gasteiger partial charge in [-0.15, -0.1) is 0 Å². The first-order valence-electron chi connectivity index (χ1n) is 6.49. The van der Waals surface area contributed by atoms with Crippen molar-refractivity contribution in [3.63, 3.8) is 0 Å². The van der Waals surface area contributed by atoms with Gasteiger partial charge in [-0.25, -0.2) is 4.79 Å². The Labute approximate surface area is 117 Å². The van der Waals surface area contributed by atoms with Crippen molar-refractivity contribution >= 4 is 11.9 Å². The Balaban J connectivity index is 2.10. The first-order chi connectivity index (χ1) is 9.63. The van der Waals surface area contributed by atoms with Gasteiger partial charge in [-0.05, 0) is 18.6 Å². The monoisotopic (exact) mass is 278 g/mol. The highest BCUT2D eigenvalue weighted by Crippen LogP contribution is 2.12. The van der Waals surface area contributed by atoms with Crippen molar-refractivity contribution < 1.29 is 19.1 Å². The predicted molar refractivity (Wildman–Crippen MR) is 71.0 cm³/mol. The standard InChI is InChI=1S/C14H18N2O4/c1-10-4-3-5-15-11(10)8-13(17)16-6-7-20-9-12(16)14(18)19-2/h3-5,12H,6-9H2,1-2H3. The molecule has 6 nitrogen and oxygen atoms in total. The molecule has 1 unspecified atom stereocenters. The smallest absolute Gasteiger partial charge is 0.331 e. The van der Waals surface area contributed by atoms with Crippen molar-refractivity contribution in [1.29, 1.82) is 0 Å². The van der Waals surface area contributed by atoms with E-state index in [-0.39, 0.29) is 18.9 Å². The number of esters is 1. The van der Waals surface area contributed by atoms with Crippen LogP contribution in [0.5, 0.6) is 0 Å². The second-order valence-corrected chi connectivity index (χ2v) is 4.64. The molecular weight excluding hydrogens is 260 g/mol. The third-order valence-corrected chi connectivity index (χ3v) is 3.36. The Hall–Kier alpha value is -1.95. The molecule has 6 heteroatoms. The zero-order valence-corrected chi connectivity index (χ0v) is 11.7. The molecule has 2 rings (SSSR count). The minimum atomic E-state index is -0.662. The second kappa shape index (κ2) is 6.47. The summed E-state index contributed by atoms with van der Waals surface area (Å²) in [5.74, 6) is -0.582. The fourth-order valence-corrected chi connectivity index (χ4v) is 2.18. The molecule has 0 bridgehead atoms. The van der Waals surface area contributed by atoms with Gasteiger partial charge in [0.2, 0.25) is 5.91 Å². The van der Waals surface area contributed by atoms with Crippen LogP contribution in [0.4, 0.5) is 0 Å². The molecule has 1 aromatic rings. The van der Waals surface area contributed by atoms with Crippen molar-refractivity contribution in [2.75, 3.05) is 26.9 Å². The number of amides is 1. The van der Waals surface area contributed by atoms with Crippen LogP contribution in [-0.4, -0.2) is 54.7 Å². The SMILES string of the molecule is COC(=O)C1COCCN1C(=O)Cc1ncccc1C. The molecule has 0 aromatic carbocycles. The highest BCUT2D eigenvalue weighted by Gasteiger charge is 2.33. The molecule has 0 N–H and O–H groups in total. The van der Waals surface area contributed by atoms with Crippen molar-refractivity contribution in [3.05, 3.63) is 29.6 Å². The Kier molecular flexibility index (Phi) is 4.68. The molecule has 20 heavy (non-hydrogen) atoms. The molecule has 1 atom stereocenters. The number of pyridine rings is 1. The summed E-state index contributed by atoms with van der Waals surface area (Å²) in [7, 11) is 1.31. The van der Waals surface area contributed by atoms with Crippen molar-refractivity contribution in [1.82, 2.24) is 9.88 Å². The maximum absolute atomic E-state index is 12.4. The van der Waals surface area contributed by atoms with E-state index in [9.17, 15) is 9.59 Å². The van der Waals surface area contributed by atoms with Crippen LogP contribution in [0.2, 0.25) is 0 Å². The van der Waals surface area contributed by atoms with Gasteiger partial charge >= 0.3 is 5.97 Å². The number of nitrogens with zero attached hydrogens (tertiary/aromatic N) is 2. The van der Waals surface area contributed by atoms with Crippen molar-refractivity contribution in [3.8, 4) is 0 Å². The molecular formula is C14H18N2O4. The van der Waals surface area contributed by atoms with Gasteiger partial charge in [-0.3, -0.25) is 9.78 Å². The van der Waals surface area contributed by atoms with Gasteiger partial charge < -0.3 is 14.4 Å². The zero-order chi connectivity index (χ0) is 14.5. The van der Waals surface area contributed by atoms with Gasteiger partial charge in [0.1, 0.15) is 0 Å². The lowest BCUT2D eigenvalue weighted by molar-refractivity contribution is -0.160. The predicted octanol–water partition coefficient (Wildman–Crippen LogP) is 0.333. The second-order valence-electron chi connectivity index (χ2n) is 4.64. The van der Waals surface area contributed by atoms with Crippen LogP contribution in [0.3, 0.4) is 0 Å². The molecule has 1 aromatic heterocycles. The fraction of sp³-hybridized carbons (Fsp3) is 0.500. The largest absolute Gasteiger partial charge is 0.467 e. The molecule has 1 saturated heterocycles. The molecule has 1 aliphatic rings. The number of morpholine rings is 1. The summed E-state index contributed by atoms with van der Waals surface area (Å²) in [6.07, 6.45) is 1.84. The van der Waals surface area contributed by atoms with E-state index in [0.717, 1.165) is 11.3 Å². The summed E-state index contributed by atoms with van der Waals surface area (Å²) in [5.41, 5.74) is 1.69. The average molecular weight is 278 g/mol. The molecule has 1 fully saturated rings. The number of rotatable bonds is 3. The van der Waals surface area contributed by atoms with E-state index in [1.54, 1.807) is 6.20 Å². The van der Waals surface area contributed by atoms with Crippen molar-refractivity contribution in [2.24, 2.45) is 0 Å². The van der Waals surface area contributed by atoms with Crippen LogP contribution in [0.25, 0.3) is 0 Å². The lowest BCUT2D eigenvalue weighted by Gasteiger charge is -2.33. The Bertz CT molecular complexity index is 504. The zero-order valence-electron chi connectivity index (χ0n) is 11.7. The highest BCUT2D eigenvalue weighted by molar-refractivity contribution is 5.86. The number of hydrogen-bond acceptors (Lipinski definition) is 5. The first kappa shape index (κ1) is 14.5. The van der Waals surface area contributed by atoms with E-state index >= 15 is 0 Å². The molecule has 0 saturated carbocycles. The van der Waals surface area contributed by atoms with E-state index in [2.05, 4.69) is 4.98 Å². The molecule has 0 spiro atoms. The van der Waals surface area contributed by atoms with Gasteiger partial charge in [0.15, 0.2) is 6.04 Å². The van der Waals surface area contributed by atoms with E-state index in [1.807, 2.05) is 19.1 Å². The van der Waals surface area contributed by atoms with Gasteiger partial charge in [-0.1, -0.05) is 6.07 Å². The van der Waals surface area contributed by atoms with E-state index in [4.69, 9.17) is 9.47 Å². The summed E-state index contributed by atoms with van der Waals surface area (Å²) in [6, 6.07) is 3.08. The van der Waals surface area contributed by atoms with E-state index < -0.39 is 12.0 Å². The number of carbonyl (C=O) groups excluding carboxylic acids is 2. The number of ether oxygens (including phenoxy) is 2. The van der Waals surface area contributed by atoms with Crippen LogP contribution in [0.15, 0.2) is 18.3 Å². The topological polar surface area (TPSA) is 68.7 Å². The number of aryl methyl sites for hydroxylation is 1. The van der Waals surface area contributed by atoms with E-state index in [1.165, 1.54) is 12.0 Å². The Morgan fingerprint density at radius 2 is 2.35 bits per heavy atom. The van der Waals surface area contributed by atoms with Gasteiger partial charge in [0.05, 0.1) is 32.4 Å². The third-order valence-electron chi connectivity index (χ3n) is 3.36. The molecule has 108 valence electrons. The molecule has 1 amide bonds. The van der Waals surface area contributed by atoms with Crippen molar-refractivity contribution in [2.45, 2.75) is 19.4 Å². The molecule has 1 aliphatic heterocycles. The lowest BCUT2D eigenvalue weighted by Crippen LogP contribution is -2.53. The van der Waals surface area contributed by atoms with Gasteiger partial charge in [-0.2, -0.15) is 0 Å². The maximum atomic E-state index is 12.4. The minimum Gasteiger partial charge on any atom is -0.467 e. The summed E-state index contributed by atoms with van der Waals surface area (Å²) in [5, 5.41) is 0.